The van der Waals surface area contributed by atoms with E-state index in [0.29, 0.717) is 5.92 Å². The molecule has 1 aliphatic rings. The number of nitrogens with two attached hydrogens (primary N) is 1. The minimum atomic E-state index is -0.210. The molecular formula is C20H32N2O2. The highest BCUT2D eigenvalue weighted by molar-refractivity contribution is 5.81. The molecule has 0 bridgehead atoms. The number of hydrogen-bond acceptors (Lipinski definition) is 3. The molecule has 1 aromatic carbocycles. The zero-order chi connectivity index (χ0) is 17.4. The Morgan fingerprint density at radius 2 is 1.83 bits per heavy atom. The third-order valence-electron chi connectivity index (χ3n) is 4.69. The molecule has 1 fully saturated rings. The predicted molar refractivity (Wildman–Crippen MR) is 98.0 cm³/mol. The van der Waals surface area contributed by atoms with Crippen molar-refractivity contribution >= 4 is 5.91 Å². The van der Waals surface area contributed by atoms with Crippen LogP contribution in [0, 0.1) is 5.92 Å². The van der Waals surface area contributed by atoms with Gasteiger partial charge in [0.25, 0.3) is 0 Å². The largest absolute Gasteiger partial charge is 0.379 e. The molecular weight excluding hydrogens is 300 g/mol. The summed E-state index contributed by atoms with van der Waals surface area (Å²) in [6, 6.07) is 8.43. The Bertz CT molecular complexity index is 493. The highest BCUT2D eigenvalue weighted by Crippen LogP contribution is 2.23. The van der Waals surface area contributed by atoms with Crippen molar-refractivity contribution in [3.05, 3.63) is 35.4 Å². The standard InChI is InChI=1S/C20H32N2O2/c1-16(2)15-17-6-8-18(9-7-17)19(20(21)23)5-3-4-10-22-11-13-24-14-12-22/h6-9,16,19H,3-5,10-15H2,1-2H3,(H2,21,23)/t19-/m1/s1. The first-order valence-electron chi connectivity index (χ1n) is 9.24. The van der Waals surface area contributed by atoms with Crippen molar-refractivity contribution < 1.29 is 9.53 Å². The fraction of sp³-hybridized carbons (Fsp3) is 0.650. The molecule has 4 nitrogen and oxygen atoms in total. The van der Waals surface area contributed by atoms with Gasteiger partial charge in [-0.15, -0.1) is 0 Å². The molecule has 4 heteroatoms. The summed E-state index contributed by atoms with van der Waals surface area (Å²) in [7, 11) is 0. The van der Waals surface area contributed by atoms with Crippen molar-refractivity contribution in [1.29, 1.82) is 0 Å². The van der Waals surface area contributed by atoms with Gasteiger partial charge in [-0.25, -0.2) is 0 Å². The molecule has 0 radical (unpaired) electrons. The van der Waals surface area contributed by atoms with Gasteiger partial charge in [0.2, 0.25) is 5.91 Å². The number of unbranched alkanes of at least 4 members (excludes halogenated alkanes) is 1. The summed E-state index contributed by atoms with van der Waals surface area (Å²) in [6.45, 7) is 9.25. The summed E-state index contributed by atoms with van der Waals surface area (Å²) in [5.74, 6) is 0.267. The number of carbonyl (C=O) groups is 1. The van der Waals surface area contributed by atoms with Gasteiger partial charge in [-0.05, 0) is 42.9 Å². The second-order valence-corrected chi connectivity index (χ2v) is 7.24. The third-order valence-corrected chi connectivity index (χ3v) is 4.69. The molecule has 0 unspecified atom stereocenters. The van der Waals surface area contributed by atoms with Gasteiger partial charge in [-0.2, -0.15) is 0 Å². The van der Waals surface area contributed by atoms with Crippen LogP contribution in [0.4, 0.5) is 0 Å². The van der Waals surface area contributed by atoms with Crippen molar-refractivity contribution in [3.63, 3.8) is 0 Å². The van der Waals surface area contributed by atoms with Crippen LogP contribution >= 0.6 is 0 Å². The fourth-order valence-electron chi connectivity index (χ4n) is 3.34. The maximum absolute atomic E-state index is 11.9. The first kappa shape index (κ1) is 18.9. The molecule has 134 valence electrons. The molecule has 2 rings (SSSR count). The third kappa shape index (κ3) is 6.25. The maximum atomic E-state index is 11.9. The summed E-state index contributed by atoms with van der Waals surface area (Å²) < 4.78 is 5.36. The van der Waals surface area contributed by atoms with Crippen LogP contribution < -0.4 is 5.73 Å². The van der Waals surface area contributed by atoms with Gasteiger partial charge in [-0.1, -0.05) is 44.5 Å². The summed E-state index contributed by atoms with van der Waals surface area (Å²) in [5.41, 5.74) is 8.03. The lowest BCUT2D eigenvalue weighted by Gasteiger charge is -2.26. The number of rotatable bonds is 9. The first-order chi connectivity index (χ1) is 11.6. The highest BCUT2D eigenvalue weighted by Gasteiger charge is 2.18. The van der Waals surface area contributed by atoms with E-state index in [9.17, 15) is 4.79 Å². The van der Waals surface area contributed by atoms with Crippen LogP contribution in [0.5, 0.6) is 0 Å². The van der Waals surface area contributed by atoms with E-state index >= 15 is 0 Å². The lowest BCUT2D eigenvalue weighted by atomic mass is 9.91. The molecule has 24 heavy (non-hydrogen) atoms. The lowest BCUT2D eigenvalue weighted by Crippen LogP contribution is -2.36. The normalized spacial score (nSPS) is 17.1. The topological polar surface area (TPSA) is 55.6 Å². The molecule has 0 saturated carbocycles. The van der Waals surface area contributed by atoms with Crippen molar-refractivity contribution in [3.8, 4) is 0 Å². The van der Waals surface area contributed by atoms with Gasteiger partial charge < -0.3 is 10.5 Å². The summed E-state index contributed by atoms with van der Waals surface area (Å²) in [6.07, 6.45) is 4.04. The van der Waals surface area contributed by atoms with Gasteiger partial charge in [0.05, 0.1) is 19.1 Å². The van der Waals surface area contributed by atoms with Gasteiger partial charge in [0.1, 0.15) is 0 Å². The van der Waals surface area contributed by atoms with Crippen LogP contribution in [-0.2, 0) is 16.0 Å². The zero-order valence-corrected chi connectivity index (χ0v) is 15.2. The van der Waals surface area contributed by atoms with Crippen LogP contribution in [0.1, 0.15) is 50.2 Å². The molecule has 1 aliphatic heterocycles. The summed E-state index contributed by atoms with van der Waals surface area (Å²) >= 11 is 0. The number of morpholine rings is 1. The lowest BCUT2D eigenvalue weighted by molar-refractivity contribution is -0.119. The number of ether oxygens (including phenoxy) is 1. The molecule has 0 aliphatic carbocycles. The predicted octanol–water partition coefficient (Wildman–Crippen LogP) is 2.96. The van der Waals surface area contributed by atoms with Crippen molar-refractivity contribution in [2.24, 2.45) is 11.7 Å². The van der Waals surface area contributed by atoms with Gasteiger partial charge in [-0.3, -0.25) is 9.69 Å². The SMILES string of the molecule is CC(C)Cc1ccc([C@@H](CCCCN2CCOCC2)C(N)=O)cc1. The van der Waals surface area contributed by atoms with Crippen LogP contribution in [0.2, 0.25) is 0 Å². The molecule has 0 spiro atoms. The number of primary amides is 1. The average Bonchev–Trinajstić information content (AvgIpc) is 2.56. The Labute approximate surface area is 146 Å². The van der Waals surface area contributed by atoms with Gasteiger partial charge in [0, 0.05) is 13.1 Å². The monoisotopic (exact) mass is 332 g/mol. The molecule has 1 saturated heterocycles. The fourth-order valence-corrected chi connectivity index (χ4v) is 3.34. The van der Waals surface area contributed by atoms with E-state index in [1.54, 1.807) is 0 Å². The van der Waals surface area contributed by atoms with Crippen LogP contribution in [0.25, 0.3) is 0 Å². The Kier molecular flexibility index (Phi) is 7.73. The second-order valence-electron chi connectivity index (χ2n) is 7.24. The van der Waals surface area contributed by atoms with Crippen LogP contribution in [-0.4, -0.2) is 43.7 Å². The summed E-state index contributed by atoms with van der Waals surface area (Å²) in [5, 5.41) is 0. The van der Waals surface area contributed by atoms with E-state index < -0.39 is 0 Å². The van der Waals surface area contributed by atoms with E-state index in [1.165, 1.54) is 5.56 Å². The van der Waals surface area contributed by atoms with Crippen LogP contribution in [0.3, 0.4) is 0 Å². The van der Waals surface area contributed by atoms with Gasteiger partial charge in [0.15, 0.2) is 0 Å². The van der Waals surface area contributed by atoms with E-state index in [1.807, 2.05) is 0 Å². The van der Waals surface area contributed by atoms with E-state index in [2.05, 4.69) is 43.0 Å². The molecule has 1 atom stereocenters. The van der Waals surface area contributed by atoms with Crippen molar-refractivity contribution in [2.45, 2.75) is 45.4 Å². The Morgan fingerprint density at radius 1 is 1.17 bits per heavy atom. The quantitative estimate of drug-likeness (QED) is 0.707. The zero-order valence-electron chi connectivity index (χ0n) is 15.2. The second kappa shape index (κ2) is 9.80. The molecule has 2 N–H and O–H groups in total. The minimum absolute atomic E-state index is 0.164. The number of benzene rings is 1. The number of amides is 1. The Hall–Kier alpha value is -1.39. The first-order valence-corrected chi connectivity index (χ1v) is 9.24. The number of carbonyl (C=O) groups excluding carboxylic acids is 1. The molecule has 1 aromatic rings. The van der Waals surface area contributed by atoms with E-state index in [0.717, 1.165) is 64.1 Å². The highest BCUT2D eigenvalue weighted by atomic mass is 16.5. The van der Waals surface area contributed by atoms with E-state index in [-0.39, 0.29) is 11.8 Å². The Morgan fingerprint density at radius 3 is 2.42 bits per heavy atom. The minimum Gasteiger partial charge on any atom is -0.379 e. The smallest absolute Gasteiger partial charge is 0.224 e. The summed E-state index contributed by atoms with van der Waals surface area (Å²) in [4.78, 5) is 14.3. The number of nitrogens with zero attached hydrogens (tertiary/aromatic N) is 1. The van der Waals surface area contributed by atoms with Crippen LogP contribution in [0.15, 0.2) is 24.3 Å². The molecule has 1 heterocycles. The molecule has 1 amide bonds. The Balaban J connectivity index is 1.81. The average molecular weight is 332 g/mol. The maximum Gasteiger partial charge on any atom is 0.224 e. The van der Waals surface area contributed by atoms with Crippen molar-refractivity contribution in [2.75, 3.05) is 32.8 Å². The molecule has 0 aromatic heterocycles. The van der Waals surface area contributed by atoms with Gasteiger partial charge >= 0.3 is 0 Å². The van der Waals surface area contributed by atoms with Crippen molar-refractivity contribution in [1.82, 2.24) is 4.90 Å². The number of hydrogen-bond donors (Lipinski definition) is 1. The van der Waals surface area contributed by atoms with E-state index in [4.69, 9.17) is 10.5 Å².